The molecule has 29 heavy (non-hydrogen) atoms. The molecule has 0 atom stereocenters. The Balaban J connectivity index is 1.53. The third kappa shape index (κ3) is 4.57. The maximum absolute atomic E-state index is 9.53. The summed E-state index contributed by atoms with van der Waals surface area (Å²) in [7, 11) is 0. The van der Waals surface area contributed by atoms with Crippen LogP contribution in [0.1, 0.15) is 10.6 Å². The fraction of sp³-hybridized carbons (Fsp3) is 0. The third-order valence-electron chi connectivity index (χ3n) is 4.49. The van der Waals surface area contributed by atoms with Crippen LogP contribution in [0.15, 0.2) is 102 Å². The number of nitriles is 1. The summed E-state index contributed by atoms with van der Waals surface area (Å²) in [5.74, 6) is 0. The molecule has 0 amide bonds. The molecule has 0 aliphatic heterocycles. The standard InChI is InChI=1S/C26H18N2S/c27-18-24(13-7-10-20-8-3-1-4-9-20)26-28-25(19-29-26)23-16-14-22(15-17-23)21-11-5-2-6-12-21/h1-17,19H/b10-7+,24-13+. The van der Waals surface area contributed by atoms with Gasteiger partial charge in [-0.3, -0.25) is 0 Å². The van der Waals surface area contributed by atoms with E-state index in [0.717, 1.165) is 21.8 Å². The van der Waals surface area contributed by atoms with Crippen molar-refractivity contribution in [2.75, 3.05) is 0 Å². The lowest BCUT2D eigenvalue weighted by Crippen LogP contribution is -1.83. The van der Waals surface area contributed by atoms with Gasteiger partial charge in [-0.2, -0.15) is 5.26 Å². The van der Waals surface area contributed by atoms with Gasteiger partial charge in [0.1, 0.15) is 11.1 Å². The molecule has 0 N–H and O–H groups in total. The molecule has 3 heteroatoms. The highest BCUT2D eigenvalue weighted by molar-refractivity contribution is 7.11. The van der Waals surface area contributed by atoms with Crippen LogP contribution in [-0.4, -0.2) is 4.98 Å². The third-order valence-corrected chi connectivity index (χ3v) is 5.37. The predicted molar refractivity (Wildman–Crippen MR) is 122 cm³/mol. The summed E-state index contributed by atoms with van der Waals surface area (Å²) < 4.78 is 0. The van der Waals surface area contributed by atoms with Gasteiger partial charge in [0, 0.05) is 10.9 Å². The molecule has 4 rings (SSSR count). The highest BCUT2D eigenvalue weighted by Gasteiger charge is 2.08. The van der Waals surface area contributed by atoms with Gasteiger partial charge >= 0.3 is 0 Å². The molecule has 0 saturated heterocycles. The number of benzene rings is 3. The second-order valence-corrected chi connectivity index (χ2v) is 7.30. The van der Waals surface area contributed by atoms with Crippen LogP contribution in [0.4, 0.5) is 0 Å². The van der Waals surface area contributed by atoms with Crippen LogP contribution < -0.4 is 0 Å². The fourth-order valence-corrected chi connectivity index (χ4v) is 3.77. The Bertz CT molecular complexity index is 1180. The number of hydrogen-bond acceptors (Lipinski definition) is 3. The van der Waals surface area contributed by atoms with E-state index in [0.29, 0.717) is 5.57 Å². The number of rotatable bonds is 5. The Kier molecular flexibility index (Phi) is 5.76. The van der Waals surface area contributed by atoms with Crippen molar-refractivity contribution >= 4 is 23.0 Å². The monoisotopic (exact) mass is 390 g/mol. The van der Waals surface area contributed by atoms with Crippen molar-refractivity contribution in [3.8, 4) is 28.5 Å². The van der Waals surface area contributed by atoms with Gasteiger partial charge in [0.05, 0.1) is 11.3 Å². The van der Waals surface area contributed by atoms with E-state index in [-0.39, 0.29) is 0 Å². The van der Waals surface area contributed by atoms with Crippen LogP contribution in [0.2, 0.25) is 0 Å². The molecule has 2 nitrogen and oxygen atoms in total. The smallest absolute Gasteiger partial charge is 0.134 e. The molecule has 0 bridgehead atoms. The Morgan fingerprint density at radius 1 is 0.793 bits per heavy atom. The van der Waals surface area contributed by atoms with Gasteiger partial charge < -0.3 is 0 Å². The van der Waals surface area contributed by atoms with E-state index in [2.05, 4.69) is 47.5 Å². The minimum atomic E-state index is 0.564. The number of aromatic nitrogens is 1. The van der Waals surface area contributed by atoms with Crippen LogP contribution in [0.25, 0.3) is 34.0 Å². The van der Waals surface area contributed by atoms with Crippen LogP contribution >= 0.6 is 11.3 Å². The maximum Gasteiger partial charge on any atom is 0.134 e. The fourth-order valence-electron chi connectivity index (χ4n) is 2.97. The first kappa shape index (κ1) is 18.6. The van der Waals surface area contributed by atoms with Gasteiger partial charge in [-0.1, -0.05) is 97.1 Å². The number of thiazole rings is 1. The molecule has 1 heterocycles. The highest BCUT2D eigenvalue weighted by Crippen LogP contribution is 2.28. The zero-order valence-electron chi connectivity index (χ0n) is 15.7. The number of nitrogens with zero attached hydrogens (tertiary/aromatic N) is 2. The molecule has 0 radical (unpaired) electrons. The minimum Gasteiger partial charge on any atom is -0.235 e. The second kappa shape index (κ2) is 8.97. The number of allylic oxidation sites excluding steroid dienone is 3. The molecule has 3 aromatic carbocycles. The zero-order valence-corrected chi connectivity index (χ0v) is 16.5. The quantitative estimate of drug-likeness (QED) is 0.269. The first-order chi connectivity index (χ1) is 14.3. The Morgan fingerprint density at radius 3 is 2.10 bits per heavy atom. The lowest BCUT2D eigenvalue weighted by molar-refractivity contribution is 1.37. The summed E-state index contributed by atoms with van der Waals surface area (Å²) in [4.78, 5) is 4.67. The molecule has 1 aromatic heterocycles. The van der Waals surface area contributed by atoms with Crippen LogP contribution in [0.3, 0.4) is 0 Å². The first-order valence-corrected chi connectivity index (χ1v) is 10.2. The normalized spacial score (nSPS) is 11.5. The molecular weight excluding hydrogens is 372 g/mol. The van der Waals surface area contributed by atoms with E-state index in [4.69, 9.17) is 0 Å². The molecule has 0 unspecified atom stereocenters. The summed E-state index contributed by atoms with van der Waals surface area (Å²) in [5.41, 5.74) is 5.96. The molecule has 0 fully saturated rings. The van der Waals surface area contributed by atoms with Gasteiger partial charge in [-0.25, -0.2) is 4.98 Å². The Labute approximate surface area is 174 Å². The lowest BCUT2D eigenvalue weighted by atomic mass is 10.0. The topological polar surface area (TPSA) is 36.7 Å². The van der Waals surface area contributed by atoms with E-state index >= 15 is 0 Å². The second-order valence-electron chi connectivity index (χ2n) is 6.44. The van der Waals surface area contributed by atoms with Crippen molar-refractivity contribution in [1.29, 1.82) is 5.26 Å². The first-order valence-electron chi connectivity index (χ1n) is 9.29. The van der Waals surface area contributed by atoms with Gasteiger partial charge in [0.15, 0.2) is 0 Å². The van der Waals surface area contributed by atoms with Crippen molar-refractivity contribution in [3.63, 3.8) is 0 Å². The van der Waals surface area contributed by atoms with E-state index in [1.54, 1.807) is 0 Å². The highest BCUT2D eigenvalue weighted by atomic mass is 32.1. The Morgan fingerprint density at radius 2 is 1.41 bits per heavy atom. The SMILES string of the molecule is N#C/C(=C\C=C\c1ccccc1)c1nc(-c2ccc(-c3ccccc3)cc2)cs1. The summed E-state index contributed by atoms with van der Waals surface area (Å²) in [5, 5.41) is 12.3. The van der Waals surface area contributed by atoms with Crippen LogP contribution in [-0.2, 0) is 0 Å². The van der Waals surface area contributed by atoms with Gasteiger partial charge in [-0.05, 0) is 22.8 Å². The summed E-state index contributed by atoms with van der Waals surface area (Å²) >= 11 is 1.49. The van der Waals surface area contributed by atoms with Crippen molar-refractivity contribution in [2.24, 2.45) is 0 Å². The molecule has 0 aliphatic rings. The van der Waals surface area contributed by atoms with Crippen molar-refractivity contribution in [2.45, 2.75) is 0 Å². The summed E-state index contributed by atoms with van der Waals surface area (Å²) in [6, 6.07) is 30.9. The summed E-state index contributed by atoms with van der Waals surface area (Å²) in [6.45, 7) is 0. The summed E-state index contributed by atoms with van der Waals surface area (Å²) in [6.07, 6.45) is 5.69. The largest absolute Gasteiger partial charge is 0.235 e. The molecule has 138 valence electrons. The number of hydrogen-bond donors (Lipinski definition) is 0. The molecule has 4 aromatic rings. The van der Waals surface area contributed by atoms with E-state index in [1.807, 2.05) is 72.1 Å². The van der Waals surface area contributed by atoms with Crippen molar-refractivity contribution < 1.29 is 0 Å². The average molecular weight is 391 g/mol. The van der Waals surface area contributed by atoms with E-state index < -0.39 is 0 Å². The Hall–Kier alpha value is -3.74. The van der Waals surface area contributed by atoms with Gasteiger partial charge in [0.25, 0.3) is 0 Å². The van der Waals surface area contributed by atoms with E-state index in [9.17, 15) is 5.26 Å². The van der Waals surface area contributed by atoms with Gasteiger partial charge in [-0.15, -0.1) is 11.3 Å². The van der Waals surface area contributed by atoms with Gasteiger partial charge in [0.2, 0.25) is 0 Å². The zero-order chi connectivity index (χ0) is 19.9. The molecule has 0 aliphatic carbocycles. The maximum atomic E-state index is 9.53. The lowest BCUT2D eigenvalue weighted by Gasteiger charge is -2.02. The molecule has 0 saturated carbocycles. The molecule has 0 spiro atoms. The van der Waals surface area contributed by atoms with Crippen molar-refractivity contribution in [3.05, 3.63) is 113 Å². The van der Waals surface area contributed by atoms with Crippen LogP contribution in [0.5, 0.6) is 0 Å². The van der Waals surface area contributed by atoms with E-state index in [1.165, 1.54) is 22.5 Å². The average Bonchev–Trinajstić information content (AvgIpc) is 3.28. The minimum absolute atomic E-state index is 0.564. The predicted octanol–water partition coefficient (Wildman–Crippen LogP) is 7.10. The molecular formula is C26H18N2S. The van der Waals surface area contributed by atoms with Crippen molar-refractivity contribution in [1.82, 2.24) is 4.98 Å². The van der Waals surface area contributed by atoms with Crippen LogP contribution in [0, 0.1) is 11.3 Å².